The lowest BCUT2D eigenvalue weighted by atomic mass is 9.83. The summed E-state index contributed by atoms with van der Waals surface area (Å²) in [6.45, 7) is 2.34. The van der Waals surface area contributed by atoms with Gasteiger partial charge in [0.1, 0.15) is 6.10 Å². The van der Waals surface area contributed by atoms with Crippen molar-refractivity contribution >= 4 is 11.9 Å². The summed E-state index contributed by atoms with van der Waals surface area (Å²) in [6.07, 6.45) is 5.48. The van der Waals surface area contributed by atoms with Crippen molar-refractivity contribution < 1.29 is 19.8 Å². The second kappa shape index (κ2) is 6.57. The summed E-state index contributed by atoms with van der Waals surface area (Å²) < 4.78 is 0. The van der Waals surface area contributed by atoms with E-state index in [1.165, 1.54) is 6.42 Å². The number of amides is 1. The van der Waals surface area contributed by atoms with Gasteiger partial charge in [-0.3, -0.25) is 9.59 Å². The molecule has 1 saturated carbocycles. The van der Waals surface area contributed by atoms with Crippen molar-refractivity contribution in [2.45, 2.75) is 64.0 Å². The number of nitrogens with zero attached hydrogens (tertiary/aromatic N) is 1. The largest absolute Gasteiger partial charge is 0.481 e. The Morgan fingerprint density at radius 3 is 2.35 bits per heavy atom. The van der Waals surface area contributed by atoms with Crippen LogP contribution in [0.15, 0.2) is 0 Å². The van der Waals surface area contributed by atoms with E-state index >= 15 is 0 Å². The molecule has 3 atom stereocenters. The Labute approximate surface area is 120 Å². The van der Waals surface area contributed by atoms with Gasteiger partial charge < -0.3 is 15.1 Å². The molecule has 2 rings (SSSR count). The summed E-state index contributed by atoms with van der Waals surface area (Å²) in [4.78, 5) is 25.2. The Balaban J connectivity index is 2.01. The third-order valence-electron chi connectivity index (χ3n) is 4.94. The molecular weight excluding hydrogens is 258 g/mol. The monoisotopic (exact) mass is 283 g/mol. The van der Waals surface area contributed by atoms with Crippen molar-refractivity contribution in [3.05, 3.63) is 0 Å². The van der Waals surface area contributed by atoms with Crippen molar-refractivity contribution in [3.8, 4) is 0 Å². The molecule has 0 aromatic carbocycles. The van der Waals surface area contributed by atoms with Gasteiger partial charge in [-0.1, -0.05) is 19.3 Å². The maximum Gasteiger partial charge on any atom is 0.308 e. The smallest absolute Gasteiger partial charge is 0.308 e. The van der Waals surface area contributed by atoms with Gasteiger partial charge in [-0.25, -0.2) is 0 Å². The number of piperidine rings is 1. The molecule has 5 nitrogen and oxygen atoms in total. The van der Waals surface area contributed by atoms with E-state index in [1.54, 1.807) is 11.8 Å². The molecule has 1 heterocycles. The van der Waals surface area contributed by atoms with Gasteiger partial charge >= 0.3 is 5.97 Å². The predicted molar refractivity (Wildman–Crippen MR) is 74.1 cm³/mol. The molecule has 1 amide bonds. The molecule has 0 bridgehead atoms. The summed E-state index contributed by atoms with van der Waals surface area (Å²) in [5.74, 6) is -1.57. The first kappa shape index (κ1) is 15.3. The Morgan fingerprint density at radius 1 is 1.10 bits per heavy atom. The van der Waals surface area contributed by atoms with Crippen molar-refractivity contribution in [1.29, 1.82) is 0 Å². The highest BCUT2D eigenvalue weighted by molar-refractivity contribution is 5.82. The standard InChI is InChI=1S/C15H25NO4/c1-10-12(15(19)20)8-5-9-16(10)14(18)13(17)11-6-3-2-4-7-11/h10-13,17H,2-9H2,1H3,(H,19,20)/t10-,12-,13?/m1/s1. The molecule has 0 aromatic rings. The molecule has 0 spiro atoms. The Kier molecular flexibility index (Phi) is 5.02. The summed E-state index contributed by atoms with van der Waals surface area (Å²) >= 11 is 0. The number of carbonyl (C=O) groups is 2. The van der Waals surface area contributed by atoms with E-state index in [4.69, 9.17) is 0 Å². The number of aliphatic carboxylic acids is 1. The fraction of sp³-hybridized carbons (Fsp3) is 0.867. The van der Waals surface area contributed by atoms with Gasteiger partial charge in [-0.05, 0) is 38.5 Å². The summed E-state index contributed by atoms with van der Waals surface area (Å²) in [7, 11) is 0. The summed E-state index contributed by atoms with van der Waals surface area (Å²) in [5.41, 5.74) is 0. The first-order chi connectivity index (χ1) is 9.52. The van der Waals surface area contributed by atoms with Crippen molar-refractivity contribution in [1.82, 2.24) is 4.90 Å². The van der Waals surface area contributed by atoms with Crippen LogP contribution >= 0.6 is 0 Å². The fourth-order valence-corrected chi connectivity index (χ4v) is 3.61. The lowest BCUT2D eigenvalue weighted by Gasteiger charge is -2.40. The molecule has 1 saturated heterocycles. The van der Waals surface area contributed by atoms with Crippen LogP contribution in [0.3, 0.4) is 0 Å². The number of carboxylic acid groups (broad SMARTS) is 1. The van der Waals surface area contributed by atoms with Gasteiger partial charge in [-0.2, -0.15) is 0 Å². The van der Waals surface area contributed by atoms with Crippen LogP contribution in [0.4, 0.5) is 0 Å². The number of hydrogen-bond donors (Lipinski definition) is 2. The minimum Gasteiger partial charge on any atom is -0.481 e. The van der Waals surface area contributed by atoms with E-state index in [-0.39, 0.29) is 17.9 Å². The van der Waals surface area contributed by atoms with Gasteiger partial charge in [0.25, 0.3) is 5.91 Å². The van der Waals surface area contributed by atoms with Crippen LogP contribution in [0.25, 0.3) is 0 Å². The van der Waals surface area contributed by atoms with Gasteiger partial charge in [-0.15, -0.1) is 0 Å². The molecule has 114 valence electrons. The maximum atomic E-state index is 12.5. The van der Waals surface area contributed by atoms with Gasteiger partial charge in [0.2, 0.25) is 0 Å². The molecule has 2 fully saturated rings. The second-order valence-electron chi connectivity index (χ2n) is 6.20. The molecule has 5 heteroatoms. The first-order valence-corrected chi connectivity index (χ1v) is 7.73. The number of hydrogen-bond acceptors (Lipinski definition) is 3. The first-order valence-electron chi connectivity index (χ1n) is 7.73. The second-order valence-corrected chi connectivity index (χ2v) is 6.20. The van der Waals surface area contributed by atoms with E-state index < -0.39 is 18.0 Å². The predicted octanol–water partition coefficient (Wildman–Crippen LogP) is 1.64. The number of aliphatic hydroxyl groups is 1. The highest BCUT2D eigenvalue weighted by Crippen LogP contribution is 2.30. The van der Waals surface area contributed by atoms with Crippen LogP contribution in [-0.2, 0) is 9.59 Å². The summed E-state index contributed by atoms with van der Waals surface area (Å²) in [5, 5.41) is 19.5. The van der Waals surface area contributed by atoms with Gasteiger partial charge in [0.15, 0.2) is 0 Å². The van der Waals surface area contributed by atoms with Crippen molar-refractivity contribution in [2.75, 3.05) is 6.54 Å². The zero-order valence-electron chi connectivity index (χ0n) is 12.1. The number of carbonyl (C=O) groups excluding carboxylic acids is 1. The minimum absolute atomic E-state index is 0.0497. The SMILES string of the molecule is C[C@@H]1[C@H](C(=O)O)CCCN1C(=O)C(O)C1CCCCC1. The van der Waals surface area contributed by atoms with E-state index in [9.17, 15) is 19.8 Å². The molecule has 2 aliphatic rings. The highest BCUT2D eigenvalue weighted by Gasteiger charge is 2.39. The third kappa shape index (κ3) is 3.14. The number of likely N-dealkylation sites (tertiary alicyclic amines) is 1. The quantitative estimate of drug-likeness (QED) is 0.825. The molecule has 1 unspecified atom stereocenters. The Morgan fingerprint density at radius 2 is 1.75 bits per heavy atom. The van der Waals surface area contributed by atoms with E-state index in [0.29, 0.717) is 19.4 Å². The van der Waals surface area contributed by atoms with E-state index in [1.807, 2.05) is 0 Å². The normalized spacial score (nSPS) is 30.0. The van der Waals surface area contributed by atoms with E-state index in [2.05, 4.69) is 0 Å². The van der Waals surface area contributed by atoms with Crippen LogP contribution in [0.5, 0.6) is 0 Å². The zero-order valence-corrected chi connectivity index (χ0v) is 12.1. The molecule has 0 aromatic heterocycles. The molecule has 1 aliphatic carbocycles. The fourth-order valence-electron chi connectivity index (χ4n) is 3.61. The molecule has 0 radical (unpaired) electrons. The molecule has 1 aliphatic heterocycles. The van der Waals surface area contributed by atoms with Crippen LogP contribution in [0, 0.1) is 11.8 Å². The van der Waals surface area contributed by atoms with Gasteiger partial charge in [0.05, 0.1) is 5.92 Å². The van der Waals surface area contributed by atoms with E-state index in [0.717, 1.165) is 25.7 Å². The summed E-state index contributed by atoms with van der Waals surface area (Å²) in [6, 6.07) is -0.327. The topological polar surface area (TPSA) is 77.8 Å². The van der Waals surface area contributed by atoms with Crippen LogP contribution < -0.4 is 0 Å². The third-order valence-corrected chi connectivity index (χ3v) is 4.94. The van der Waals surface area contributed by atoms with Crippen LogP contribution in [0.2, 0.25) is 0 Å². The molecule has 20 heavy (non-hydrogen) atoms. The Bertz CT molecular complexity index is 365. The lowest BCUT2D eigenvalue weighted by Crippen LogP contribution is -2.53. The number of rotatable bonds is 3. The average molecular weight is 283 g/mol. The molecular formula is C15H25NO4. The molecule has 2 N–H and O–H groups in total. The lowest BCUT2D eigenvalue weighted by molar-refractivity contribution is -0.154. The van der Waals surface area contributed by atoms with Crippen LogP contribution in [-0.4, -0.2) is 45.7 Å². The highest BCUT2D eigenvalue weighted by atomic mass is 16.4. The van der Waals surface area contributed by atoms with Crippen molar-refractivity contribution in [2.24, 2.45) is 11.8 Å². The number of carboxylic acids is 1. The van der Waals surface area contributed by atoms with Crippen LogP contribution in [0.1, 0.15) is 51.9 Å². The maximum absolute atomic E-state index is 12.5. The van der Waals surface area contributed by atoms with Crippen molar-refractivity contribution in [3.63, 3.8) is 0 Å². The average Bonchev–Trinajstić information content (AvgIpc) is 2.46. The van der Waals surface area contributed by atoms with Gasteiger partial charge in [0, 0.05) is 12.6 Å². The number of aliphatic hydroxyl groups excluding tert-OH is 1. The Hall–Kier alpha value is -1.10. The minimum atomic E-state index is -0.953. The zero-order chi connectivity index (χ0) is 14.7.